The molecule has 0 fully saturated rings. The Morgan fingerprint density at radius 3 is 1.98 bits per heavy atom. The summed E-state index contributed by atoms with van der Waals surface area (Å²) in [6.07, 6.45) is 0. The first-order valence-electron chi connectivity index (χ1n) is 17.2. The summed E-state index contributed by atoms with van der Waals surface area (Å²) >= 11 is 1.92. The molecule has 232 valence electrons. The fourth-order valence-corrected chi connectivity index (χ4v) is 10.6. The highest BCUT2D eigenvalue weighted by atomic mass is 32.2. The van der Waals surface area contributed by atoms with E-state index in [2.05, 4.69) is 162 Å². The molecule has 0 saturated heterocycles. The maximum Gasteiger partial charge on any atom is 0.137 e. The van der Waals surface area contributed by atoms with Gasteiger partial charge in [-0.1, -0.05) is 139 Å². The molecule has 0 bridgehead atoms. The van der Waals surface area contributed by atoms with Crippen molar-refractivity contribution in [3.05, 3.63) is 186 Å². The molecular weight excluding hydrogens is 627 g/mol. The summed E-state index contributed by atoms with van der Waals surface area (Å²) < 4.78 is 8.92. The van der Waals surface area contributed by atoms with Crippen LogP contribution in [-0.2, 0) is 5.41 Å². The van der Waals surface area contributed by atoms with Gasteiger partial charge in [0.25, 0.3) is 0 Å². The van der Waals surface area contributed by atoms with E-state index in [-0.39, 0.29) is 0 Å². The van der Waals surface area contributed by atoms with Crippen molar-refractivity contribution in [2.45, 2.75) is 15.2 Å². The van der Waals surface area contributed by atoms with Crippen molar-refractivity contribution >= 4 is 66.3 Å². The van der Waals surface area contributed by atoms with Gasteiger partial charge < -0.3 is 8.98 Å². The Morgan fingerprint density at radius 1 is 0.480 bits per heavy atom. The van der Waals surface area contributed by atoms with Gasteiger partial charge in [0, 0.05) is 48.5 Å². The second kappa shape index (κ2) is 9.56. The Labute approximate surface area is 292 Å². The number of rotatable bonds is 1. The Hall–Kier alpha value is -6.03. The van der Waals surface area contributed by atoms with Crippen molar-refractivity contribution in [1.82, 2.24) is 4.57 Å². The largest absolute Gasteiger partial charge is 0.456 e. The molecule has 0 atom stereocenters. The summed E-state index contributed by atoms with van der Waals surface area (Å²) in [6.45, 7) is 0. The third-order valence-electron chi connectivity index (χ3n) is 11.3. The van der Waals surface area contributed by atoms with Crippen molar-refractivity contribution in [3.63, 3.8) is 0 Å². The number of hydrogen-bond donors (Lipinski definition) is 0. The maximum atomic E-state index is 6.44. The van der Waals surface area contributed by atoms with E-state index in [9.17, 15) is 0 Å². The molecule has 50 heavy (non-hydrogen) atoms. The predicted molar refractivity (Wildman–Crippen MR) is 207 cm³/mol. The van der Waals surface area contributed by atoms with Gasteiger partial charge in [-0.05, 0) is 69.1 Å². The van der Waals surface area contributed by atoms with Crippen molar-refractivity contribution < 1.29 is 4.42 Å². The second-order valence-electron chi connectivity index (χ2n) is 13.6. The first-order valence-corrected chi connectivity index (χ1v) is 18.0. The highest BCUT2D eigenvalue weighted by Gasteiger charge is 2.50. The predicted octanol–water partition coefficient (Wildman–Crippen LogP) is 12.7. The van der Waals surface area contributed by atoms with Crippen LogP contribution >= 0.6 is 11.8 Å². The molecule has 0 N–H and O–H groups in total. The molecule has 0 radical (unpaired) electrons. The van der Waals surface area contributed by atoms with Crippen LogP contribution in [0.3, 0.4) is 0 Å². The van der Waals surface area contributed by atoms with Crippen LogP contribution in [0.4, 0.5) is 0 Å². The van der Waals surface area contributed by atoms with E-state index >= 15 is 0 Å². The smallest absolute Gasteiger partial charge is 0.137 e. The highest BCUT2D eigenvalue weighted by Crippen LogP contribution is 2.63. The molecule has 12 rings (SSSR count). The number of benzene rings is 8. The maximum absolute atomic E-state index is 6.44. The fourth-order valence-electron chi connectivity index (χ4n) is 9.30. The Bertz CT molecular complexity index is 3040. The van der Waals surface area contributed by atoms with Gasteiger partial charge in [0.2, 0.25) is 0 Å². The zero-order valence-electron chi connectivity index (χ0n) is 26.9. The summed E-state index contributed by atoms with van der Waals surface area (Å²) in [4.78, 5) is 2.64. The third kappa shape index (κ3) is 3.22. The van der Waals surface area contributed by atoms with Crippen molar-refractivity contribution in [1.29, 1.82) is 0 Å². The quantitative estimate of drug-likeness (QED) is 0.175. The molecule has 0 unspecified atom stereocenters. The first-order chi connectivity index (χ1) is 24.8. The molecule has 0 saturated carbocycles. The van der Waals surface area contributed by atoms with Crippen LogP contribution in [0.5, 0.6) is 0 Å². The zero-order valence-corrected chi connectivity index (χ0v) is 27.7. The van der Waals surface area contributed by atoms with Gasteiger partial charge in [-0.3, -0.25) is 0 Å². The lowest BCUT2D eigenvalue weighted by molar-refractivity contribution is 0.668. The minimum Gasteiger partial charge on any atom is -0.456 e. The summed E-state index contributed by atoms with van der Waals surface area (Å²) in [5.74, 6) is 0. The Kier molecular flexibility index (Phi) is 5.14. The molecule has 0 amide bonds. The van der Waals surface area contributed by atoms with E-state index in [1.165, 1.54) is 75.7 Å². The van der Waals surface area contributed by atoms with E-state index in [0.717, 1.165) is 27.6 Å². The lowest BCUT2D eigenvalue weighted by Gasteiger charge is -2.40. The average Bonchev–Trinajstić information content (AvgIpc) is 3.82. The third-order valence-corrected chi connectivity index (χ3v) is 12.5. The topological polar surface area (TPSA) is 18.1 Å². The van der Waals surface area contributed by atoms with Crippen LogP contribution in [0.1, 0.15) is 22.3 Å². The fraction of sp³-hybridized carbons (Fsp3) is 0.0213. The van der Waals surface area contributed by atoms with Crippen LogP contribution in [-0.4, -0.2) is 4.57 Å². The van der Waals surface area contributed by atoms with E-state index in [1.807, 2.05) is 17.8 Å². The lowest BCUT2D eigenvalue weighted by Crippen LogP contribution is -2.32. The molecule has 3 heteroatoms. The molecule has 8 aromatic carbocycles. The Morgan fingerprint density at radius 2 is 1.14 bits per heavy atom. The summed E-state index contributed by atoms with van der Waals surface area (Å²) in [7, 11) is 0. The van der Waals surface area contributed by atoms with Gasteiger partial charge in [0.05, 0.1) is 16.4 Å². The SMILES string of the molecule is c1ccc2c(c1)Sc1c(ccc3c1c1ccc4ccccc4c1n3-c1ccc3c(c1)oc1ccccc13)C21c2ccccc2-c2ccccc21. The highest BCUT2D eigenvalue weighted by molar-refractivity contribution is 7.99. The molecule has 2 nitrogen and oxygen atoms in total. The van der Waals surface area contributed by atoms with Gasteiger partial charge in [-0.15, -0.1) is 0 Å². The minimum absolute atomic E-state index is 0.420. The minimum atomic E-state index is -0.420. The monoisotopic (exact) mass is 653 g/mol. The van der Waals surface area contributed by atoms with Crippen LogP contribution in [0.15, 0.2) is 178 Å². The van der Waals surface area contributed by atoms with E-state index in [0.29, 0.717) is 0 Å². The van der Waals surface area contributed by atoms with E-state index in [4.69, 9.17) is 4.42 Å². The number of nitrogens with zero attached hydrogens (tertiary/aromatic N) is 1. The van der Waals surface area contributed by atoms with Crippen LogP contribution in [0, 0.1) is 0 Å². The van der Waals surface area contributed by atoms with Gasteiger partial charge in [0.1, 0.15) is 11.2 Å². The van der Waals surface area contributed by atoms with Crippen LogP contribution < -0.4 is 0 Å². The second-order valence-corrected chi connectivity index (χ2v) is 14.6. The number of aromatic nitrogens is 1. The standard InChI is InChI=1S/C47H27NOS/c1-2-12-30-28(11-1)21-23-35-44-40(48(45(30)35)29-22-24-34-33-15-5-9-19-41(33)49-42(34)27-29)26-25-39-46(44)50-43-20-10-8-18-38(43)47(39)36-16-6-3-13-31(36)32-14-4-7-17-37(32)47/h1-27H. The molecule has 1 aliphatic carbocycles. The van der Waals surface area contributed by atoms with Crippen molar-refractivity contribution in [2.75, 3.05) is 0 Å². The van der Waals surface area contributed by atoms with E-state index in [1.54, 1.807) is 0 Å². The van der Waals surface area contributed by atoms with E-state index < -0.39 is 5.41 Å². The molecular formula is C47H27NOS. The van der Waals surface area contributed by atoms with Crippen LogP contribution in [0.2, 0.25) is 0 Å². The molecule has 1 aliphatic heterocycles. The summed E-state index contributed by atoms with van der Waals surface area (Å²) in [5.41, 5.74) is 13.0. The summed E-state index contributed by atoms with van der Waals surface area (Å²) in [5, 5.41) is 7.33. The van der Waals surface area contributed by atoms with Gasteiger partial charge in [0.15, 0.2) is 0 Å². The van der Waals surface area contributed by atoms with Crippen molar-refractivity contribution in [3.8, 4) is 16.8 Å². The van der Waals surface area contributed by atoms with Crippen molar-refractivity contribution in [2.24, 2.45) is 0 Å². The van der Waals surface area contributed by atoms with Gasteiger partial charge in [-0.2, -0.15) is 0 Å². The number of furan rings is 1. The Balaban J connectivity index is 1.25. The zero-order chi connectivity index (χ0) is 32.6. The first kappa shape index (κ1) is 26.9. The molecule has 1 spiro atoms. The number of para-hydroxylation sites is 1. The summed E-state index contributed by atoms with van der Waals surface area (Å²) in [6, 6.07) is 60.4. The van der Waals surface area contributed by atoms with Crippen LogP contribution in [0.25, 0.3) is 71.3 Å². The molecule has 3 heterocycles. The number of fused-ring (bicyclic) bond motifs is 18. The average molecular weight is 654 g/mol. The lowest BCUT2D eigenvalue weighted by atomic mass is 9.67. The molecule has 2 aromatic heterocycles. The number of hydrogen-bond acceptors (Lipinski definition) is 2. The molecule has 10 aromatic rings. The van der Waals surface area contributed by atoms with Gasteiger partial charge >= 0.3 is 0 Å². The molecule has 2 aliphatic rings. The van der Waals surface area contributed by atoms with Gasteiger partial charge in [-0.25, -0.2) is 0 Å². The normalized spacial score (nSPS) is 14.1.